The van der Waals surface area contributed by atoms with Gasteiger partial charge in [-0.15, -0.1) is 0 Å². The van der Waals surface area contributed by atoms with Crippen molar-refractivity contribution in [1.29, 1.82) is 0 Å². The molecule has 1 saturated heterocycles. The molecule has 5 aliphatic rings. The number of carbonyl (C=O) groups excluding carboxylic acids is 3. The number of carboxylic acid groups (broad SMARTS) is 1. The Hall–Kier alpha value is -3.44. The number of amides is 1. The van der Waals surface area contributed by atoms with Gasteiger partial charge >= 0.3 is 11.9 Å². The number of benzene rings is 1. The minimum atomic E-state index is -1.12. The molecule has 2 unspecified atom stereocenters. The smallest absolute Gasteiger partial charge is 0.310 e. The van der Waals surface area contributed by atoms with Gasteiger partial charge in [0.1, 0.15) is 35.3 Å². The lowest BCUT2D eigenvalue weighted by atomic mass is 9.77. The van der Waals surface area contributed by atoms with Crippen LogP contribution in [0, 0.1) is 34.5 Å². The van der Waals surface area contributed by atoms with E-state index >= 15 is 0 Å². The molecule has 0 radical (unpaired) electrons. The molecular weight excluding hydrogens is 712 g/mol. The highest BCUT2D eigenvalue weighted by Crippen LogP contribution is 2.58. The molecule has 2 heterocycles. The normalized spacial score (nSPS) is 29.7. The summed E-state index contributed by atoms with van der Waals surface area (Å²) >= 11 is 6.91. The predicted octanol–water partition coefficient (Wildman–Crippen LogP) is 7.38. The van der Waals surface area contributed by atoms with Crippen LogP contribution in [0.4, 0.5) is 0 Å². The molecule has 54 heavy (non-hydrogen) atoms. The first-order valence-electron chi connectivity index (χ1n) is 19.8. The van der Waals surface area contributed by atoms with Crippen LogP contribution in [0.3, 0.4) is 0 Å². The maximum atomic E-state index is 14.7. The minimum absolute atomic E-state index is 0.0874. The fourth-order valence-corrected chi connectivity index (χ4v) is 9.19. The maximum Gasteiger partial charge on any atom is 0.310 e. The van der Waals surface area contributed by atoms with Gasteiger partial charge in [0, 0.05) is 43.0 Å². The number of nitrogens with zero attached hydrogens (tertiary/aromatic N) is 2. The Morgan fingerprint density at radius 2 is 1.78 bits per heavy atom. The fraction of sp³-hybridized carbons (Fsp3) is 0.690. The van der Waals surface area contributed by atoms with Crippen molar-refractivity contribution in [2.45, 2.75) is 129 Å². The number of Topliss-reactive ketones (excluding diaryl/α,β-unsaturated/α-hetero) is 1. The van der Waals surface area contributed by atoms with Crippen LogP contribution in [0.5, 0.6) is 11.5 Å². The summed E-state index contributed by atoms with van der Waals surface area (Å²) in [5, 5.41) is 11.2. The Bertz CT molecular complexity index is 1800. The third-order valence-electron chi connectivity index (χ3n) is 12.8. The number of aromatic nitrogens is 1. The largest absolute Gasteiger partial charge is 0.489 e. The van der Waals surface area contributed by atoms with Gasteiger partial charge in [-0.2, -0.15) is 0 Å². The summed E-state index contributed by atoms with van der Waals surface area (Å²) in [5.41, 5.74) is -0.336. The summed E-state index contributed by atoms with van der Waals surface area (Å²) < 4.78 is 23.9. The molecule has 9 atom stereocenters. The SMILES string of the molecule is CC[C@@H]1C[C@]1(CC(=O)[C@@H]1C[C@@H](Oc2cc(C3CC3)nc3c(Cl)c(OCC(C)OC)ccc23)CN1C(=O)[C@@H](CC(=O)OC1C[C@@H]2C[C@@H]2C1)C(C)(C)C)C(=O)O. The molecule has 4 saturated carbocycles. The molecule has 2 aromatic rings. The number of rotatable bonds is 16. The van der Waals surface area contributed by atoms with Crippen LogP contribution in [0.15, 0.2) is 18.2 Å². The highest BCUT2D eigenvalue weighted by Gasteiger charge is 2.61. The quantitative estimate of drug-likeness (QED) is 0.172. The minimum Gasteiger partial charge on any atom is -0.489 e. The standard InChI is InChI=1S/C42H55ClN2O9/c1-7-26-18-42(26,40(49)50)19-33(46)32-15-28(20-45(32)39(48)30(41(3,4)5)16-36(47)54-27-13-24-12-25(24)14-27)53-35-17-31(23-8-9-23)44-38-29(35)10-11-34(37(38)43)52-21-22(2)51-6/h10-11,17,22-28,30,32H,7-9,12-16,18-21H2,1-6H3,(H,49,50)/t22?,24-,25+,26-,27?,28-,30-,32+,42-/m1/s1. The van der Waals surface area contributed by atoms with Gasteiger partial charge in [0.05, 0.1) is 42.0 Å². The van der Waals surface area contributed by atoms with E-state index in [0.717, 1.165) is 31.4 Å². The molecule has 0 bridgehead atoms. The molecule has 1 aromatic heterocycles. The number of pyridine rings is 1. The van der Waals surface area contributed by atoms with E-state index in [0.29, 0.717) is 58.7 Å². The van der Waals surface area contributed by atoms with Gasteiger partial charge in [-0.3, -0.25) is 24.2 Å². The van der Waals surface area contributed by atoms with Crippen LogP contribution in [0.25, 0.3) is 10.9 Å². The number of carboxylic acids is 1. The van der Waals surface area contributed by atoms with Crippen molar-refractivity contribution in [2.24, 2.45) is 34.5 Å². The van der Waals surface area contributed by atoms with Gasteiger partial charge in [0.2, 0.25) is 5.91 Å². The summed E-state index contributed by atoms with van der Waals surface area (Å²) in [6, 6.07) is 4.67. The van der Waals surface area contributed by atoms with Crippen LogP contribution in [0.1, 0.15) is 110 Å². The van der Waals surface area contributed by atoms with E-state index in [9.17, 15) is 24.3 Å². The van der Waals surface area contributed by atoms with Crippen LogP contribution >= 0.6 is 11.6 Å². The van der Waals surface area contributed by atoms with E-state index in [1.807, 2.05) is 46.8 Å². The van der Waals surface area contributed by atoms with Crippen LogP contribution in [-0.4, -0.2) is 83.2 Å². The second-order valence-corrected chi connectivity index (χ2v) is 18.2. The summed E-state index contributed by atoms with van der Waals surface area (Å²) in [6.07, 6.45) is 5.20. The Kier molecular flexibility index (Phi) is 10.7. The highest BCUT2D eigenvalue weighted by molar-refractivity contribution is 6.36. The van der Waals surface area contributed by atoms with Crippen molar-refractivity contribution in [3.63, 3.8) is 0 Å². The summed E-state index contributed by atoms with van der Waals surface area (Å²) in [4.78, 5) is 61.2. The lowest BCUT2D eigenvalue weighted by Crippen LogP contribution is -2.48. The molecule has 1 aliphatic heterocycles. The third-order valence-corrected chi connectivity index (χ3v) is 13.2. The van der Waals surface area contributed by atoms with Gasteiger partial charge in [-0.1, -0.05) is 45.7 Å². The Labute approximate surface area is 322 Å². The number of ketones is 1. The lowest BCUT2D eigenvalue weighted by molar-refractivity contribution is -0.157. The number of ether oxygens (including phenoxy) is 4. The molecule has 4 aliphatic carbocycles. The Morgan fingerprint density at radius 1 is 1.06 bits per heavy atom. The lowest BCUT2D eigenvalue weighted by Gasteiger charge is -2.35. The van der Waals surface area contributed by atoms with Crippen molar-refractivity contribution in [3.05, 3.63) is 28.9 Å². The van der Waals surface area contributed by atoms with Crippen molar-refractivity contribution in [2.75, 3.05) is 20.3 Å². The molecule has 0 spiro atoms. The summed E-state index contributed by atoms with van der Waals surface area (Å²) in [5.74, 6) is -0.212. The molecule has 11 nitrogen and oxygen atoms in total. The van der Waals surface area contributed by atoms with Crippen molar-refractivity contribution in [3.8, 4) is 11.5 Å². The topological polar surface area (TPSA) is 142 Å². The fourth-order valence-electron chi connectivity index (χ4n) is 8.93. The second-order valence-electron chi connectivity index (χ2n) is 17.8. The van der Waals surface area contributed by atoms with Crippen LogP contribution in [0.2, 0.25) is 5.02 Å². The van der Waals surface area contributed by atoms with Gasteiger partial charge < -0.3 is 29.0 Å². The summed E-state index contributed by atoms with van der Waals surface area (Å²) in [7, 11) is 1.62. The zero-order valence-electron chi connectivity index (χ0n) is 32.4. The number of hydrogen-bond acceptors (Lipinski definition) is 9. The second kappa shape index (κ2) is 14.9. The van der Waals surface area contributed by atoms with E-state index in [-0.39, 0.29) is 61.5 Å². The number of fused-ring (bicyclic) bond motifs is 2. The predicted molar refractivity (Wildman–Crippen MR) is 202 cm³/mol. The average Bonchev–Trinajstić information content (AvgIpc) is 4.08. The van der Waals surface area contributed by atoms with E-state index in [1.165, 1.54) is 6.42 Å². The molecule has 1 amide bonds. The first kappa shape index (κ1) is 38.8. The molecule has 294 valence electrons. The van der Waals surface area contributed by atoms with E-state index in [1.54, 1.807) is 18.1 Å². The first-order valence-corrected chi connectivity index (χ1v) is 20.2. The van der Waals surface area contributed by atoms with E-state index in [4.69, 9.17) is 35.5 Å². The number of aliphatic carboxylic acids is 1. The molecule has 5 fully saturated rings. The number of methoxy groups -OCH3 is 1. The maximum absolute atomic E-state index is 14.7. The number of hydrogen-bond donors (Lipinski definition) is 1. The molecule has 1 N–H and O–H groups in total. The molecule has 1 aromatic carbocycles. The van der Waals surface area contributed by atoms with Crippen molar-refractivity contribution < 1.29 is 43.2 Å². The van der Waals surface area contributed by atoms with Crippen molar-refractivity contribution in [1.82, 2.24) is 9.88 Å². The molecule has 12 heteroatoms. The summed E-state index contributed by atoms with van der Waals surface area (Å²) in [6.45, 7) is 10.0. The van der Waals surface area contributed by atoms with Crippen LogP contribution in [-0.2, 0) is 28.7 Å². The number of carbonyl (C=O) groups is 4. The molecular formula is C42H55ClN2O9. The van der Waals surface area contributed by atoms with Gasteiger partial charge in [0.15, 0.2) is 5.78 Å². The van der Waals surface area contributed by atoms with Gasteiger partial charge in [-0.25, -0.2) is 0 Å². The van der Waals surface area contributed by atoms with Gasteiger partial charge in [0.25, 0.3) is 0 Å². The average molecular weight is 767 g/mol. The zero-order valence-corrected chi connectivity index (χ0v) is 33.2. The van der Waals surface area contributed by atoms with E-state index < -0.39 is 40.8 Å². The van der Waals surface area contributed by atoms with Crippen molar-refractivity contribution >= 4 is 46.1 Å². The Balaban J connectivity index is 1.16. The van der Waals surface area contributed by atoms with Crippen LogP contribution < -0.4 is 9.47 Å². The zero-order chi connectivity index (χ0) is 38.7. The van der Waals surface area contributed by atoms with E-state index in [2.05, 4.69) is 0 Å². The number of halogens is 1. The monoisotopic (exact) mass is 766 g/mol. The Morgan fingerprint density at radius 3 is 2.39 bits per heavy atom. The van der Waals surface area contributed by atoms with Gasteiger partial charge in [-0.05, 0) is 80.8 Å². The third kappa shape index (κ3) is 7.95. The molecule has 7 rings (SSSR count). The number of likely N-dealkylation sites (tertiary alicyclic amines) is 1. The highest BCUT2D eigenvalue weighted by atomic mass is 35.5. The number of esters is 1. The first-order chi connectivity index (χ1) is 25.6.